The number of carbonyl (C=O) groups excluding carboxylic acids is 1. The van der Waals surface area contributed by atoms with Crippen molar-refractivity contribution in [3.8, 4) is 0 Å². The number of nitrogens with one attached hydrogen (secondary N) is 2. The second kappa shape index (κ2) is 8.47. The molecule has 1 amide bonds. The minimum Gasteiger partial charge on any atom is -0.306 e. The van der Waals surface area contributed by atoms with E-state index < -0.39 is 32.7 Å². The first kappa shape index (κ1) is 24.4. The number of carbonyl (C=O) groups is 1. The van der Waals surface area contributed by atoms with Crippen molar-refractivity contribution >= 4 is 26.8 Å². The molecule has 2 aliphatic rings. The molecule has 0 unspecified atom stereocenters. The number of likely N-dealkylation sites (N-methyl/N-ethyl adjacent to an activating group) is 1. The van der Waals surface area contributed by atoms with Crippen molar-refractivity contribution in [3.05, 3.63) is 51.2 Å². The van der Waals surface area contributed by atoms with Gasteiger partial charge in [-0.2, -0.15) is 4.68 Å². The van der Waals surface area contributed by atoms with Crippen LogP contribution in [-0.2, 0) is 21.4 Å². The van der Waals surface area contributed by atoms with Crippen molar-refractivity contribution in [3.63, 3.8) is 0 Å². The average Bonchev–Trinajstić information content (AvgIpc) is 3.66. The van der Waals surface area contributed by atoms with E-state index in [0.29, 0.717) is 23.3 Å². The van der Waals surface area contributed by atoms with Crippen LogP contribution in [0, 0.1) is 5.41 Å². The molecule has 0 radical (unpaired) electrons. The second-order valence-electron chi connectivity index (χ2n) is 10.3. The summed E-state index contributed by atoms with van der Waals surface area (Å²) in [5.74, 6) is -0.628. The molecule has 0 bridgehead atoms. The quantitative estimate of drug-likeness (QED) is 0.507. The summed E-state index contributed by atoms with van der Waals surface area (Å²) in [4.78, 5) is 40.7. The highest BCUT2D eigenvalue weighted by molar-refractivity contribution is 7.89. The van der Waals surface area contributed by atoms with Crippen molar-refractivity contribution in [2.24, 2.45) is 5.41 Å². The summed E-state index contributed by atoms with van der Waals surface area (Å²) in [5.41, 5.74) is 0.702. The highest BCUT2D eigenvalue weighted by Gasteiger charge is 2.41. The van der Waals surface area contributed by atoms with Crippen LogP contribution in [0.25, 0.3) is 10.9 Å². The number of nitrogens with zero attached hydrogens (tertiary/aromatic N) is 3. The van der Waals surface area contributed by atoms with Crippen LogP contribution in [0.15, 0.2) is 44.8 Å². The molecule has 2 N–H and O–H groups in total. The number of benzene rings is 1. The predicted molar refractivity (Wildman–Crippen MR) is 130 cm³/mol. The molecule has 1 aromatic heterocycles. The van der Waals surface area contributed by atoms with E-state index in [1.165, 1.54) is 28.8 Å². The Morgan fingerprint density at radius 3 is 2.41 bits per heavy atom. The van der Waals surface area contributed by atoms with Crippen LogP contribution in [0.3, 0.4) is 0 Å². The molecule has 0 aliphatic heterocycles. The van der Waals surface area contributed by atoms with E-state index in [1.54, 1.807) is 6.08 Å². The number of hydrogen-bond donors (Lipinski definition) is 2. The van der Waals surface area contributed by atoms with Gasteiger partial charge in [-0.15, -0.1) is 0 Å². The molecule has 1 heterocycles. The molecule has 2 aliphatic carbocycles. The minimum absolute atomic E-state index is 0.0465. The Bertz CT molecular complexity index is 1400. The summed E-state index contributed by atoms with van der Waals surface area (Å²) >= 11 is 0. The molecule has 0 spiro atoms. The van der Waals surface area contributed by atoms with Gasteiger partial charge >= 0.3 is 5.69 Å². The molecule has 1 aromatic carbocycles. The van der Waals surface area contributed by atoms with Gasteiger partial charge in [0.15, 0.2) is 0 Å². The molecule has 4 rings (SSSR count). The Hall–Kier alpha value is -2.76. The second-order valence-corrected chi connectivity index (χ2v) is 12.0. The number of amides is 1. The SMILES string of the molecule is CN(C)C/C=C/C(=O)Nn1c(=O)c2cc(S(=O)(=O)NC3(C)CC3)ccc2n(CC2(C)CC2)c1=O. The average molecular weight is 490 g/mol. The van der Waals surface area contributed by atoms with E-state index in [4.69, 9.17) is 0 Å². The molecule has 0 atom stereocenters. The van der Waals surface area contributed by atoms with Crippen molar-refractivity contribution in [2.75, 3.05) is 26.1 Å². The lowest BCUT2D eigenvalue weighted by molar-refractivity contribution is -0.112. The molecule has 11 heteroatoms. The number of hydrogen-bond acceptors (Lipinski definition) is 6. The number of aromatic nitrogens is 2. The number of rotatable bonds is 9. The fraction of sp³-hybridized carbons (Fsp3) is 0.522. The van der Waals surface area contributed by atoms with Gasteiger partial charge in [0.25, 0.3) is 11.5 Å². The Kier molecular flexibility index (Phi) is 6.07. The molecule has 34 heavy (non-hydrogen) atoms. The fourth-order valence-electron chi connectivity index (χ4n) is 3.72. The number of sulfonamides is 1. The van der Waals surface area contributed by atoms with Crippen LogP contribution in [-0.4, -0.2) is 54.6 Å². The molecule has 10 nitrogen and oxygen atoms in total. The fourth-order valence-corrected chi connectivity index (χ4v) is 5.21. The third-order valence-corrected chi connectivity index (χ3v) is 8.05. The van der Waals surface area contributed by atoms with Gasteiger partial charge in [0, 0.05) is 24.7 Å². The maximum atomic E-state index is 13.3. The van der Waals surface area contributed by atoms with Gasteiger partial charge in [0.05, 0.1) is 15.8 Å². The monoisotopic (exact) mass is 489 g/mol. The minimum atomic E-state index is -3.85. The van der Waals surface area contributed by atoms with E-state index in [9.17, 15) is 22.8 Å². The zero-order chi connectivity index (χ0) is 24.9. The number of fused-ring (bicyclic) bond motifs is 1. The van der Waals surface area contributed by atoms with Gasteiger partial charge in [0.2, 0.25) is 10.0 Å². The van der Waals surface area contributed by atoms with Crippen LogP contribution in [0.5, 0.6) is 0 Å². The highest BCUT2D eigenvalue weighted by Crippen LogP contribution is 2.46. The van der Waals surface area contributed by atoms with Crippen molar-refractivity contribution in [2.45, 2.75) is 56.5 Å². The van der Waals surface area contributed by atoms with Gasteiger partial charge in [-0.3, -0.25) is 19.6 Å². The van der Waals surface area contributed by atoms with Crippen molar-refractivity contribution < 1.29 is 13.2 Å². The largest absolute Gasteiger partial charge is 0.350 e. The Labute approximate surface area is 198 Å². The van der Waals surface area contributed by atoms with Crippen molar-refractivity contribution in [1.29, 1.82) is 0 Å². The standard InChI is InChI=1S/C23H31N5O5S/c1-22(9-10-22)15-27-18-8-7-16(34(32,33)25-23(2)11-12-23)14-17(18)20(30)28(21(27)31)24-19(29)6-5-13-26(3)4/h5-8,14,25H,9-13,15H2,1-4H3,(H,24,29)/b6-5+. The topological polar surface area (TPSA) is 123 Å². The Morgan fingerprint density at radius 2 is 1.82 bits per heavy atom. The summed E-state index contributed by atoms with van der Waals surface area (Å²) in [6, 6.07) is 4.19. The summed E-state index contributed by atoms with van der Waals surface area (Å²) < 4.78 is 30.6. The Balaban J connectivity index is 1.80. The highest BCUT2D eigenvalue weighted by atomic mass is 32.2. The Morgan fingerprint density at radius 1 is 1.15 bits per heavy atom. The van der Waals surface area contributed by atoms with E-state index in [1.807, 2.05) is 32.8 Å². The van der Waals surface area contributed by atoms with E-state index in [-0.39, 0.29) is 15.7 Å². The van der Waals surface area contributed by atoms with Gasteiger partial charge in [-0.05, 0) is 70.3 Å². The lowest BCUT2D eigenvalue weighted by atomic mass is 10.1. The first-order valence-electron chi connectivity index (χ1n) is 11.3. The molecule has 184 valence electrons. The van der Waals surface area contributed by atoms with Gasteiger partial charge in [0.1, 0.15) is 0 Å². The molecular weight excluding hydrogens is 458 g/mol. The van der Waals surface area contributed by atoms with Crippen LogP contribution in [0.2, 0.25) is 0 Å². The van der Waals surface area contributed by atoms with Crippen molar-refractivity contribution in [1.82, 2.24) is 18.9 Å². The van der Waals surface area contributed by atoms with Crippen LogP contribution >= 0.6 is 0 Å². The summed E-state index contributed by atoms with van der Waals surface area (Å²) in [6.07, 6.45) is 6.24. The molecule has 2 fully saturated rings. The summed E-state index contributed by atoms with van der Waals surface area (Å²) in [7, 11) is -0.165. The third kappa shape index (κ3) is 5.16. The lowest BCUT2D eigenvalue weighted by Gasteiger charge is -2.18. The zero-order valence-corrected chi connectivity index (χ0v) is 20.7. The molecular formula is C23H31N5O5S. The van der Waals surface area contributed by atoms with Gasteiger partial charge < -0.3 is 4.90 Å². The molecule has 0 saturated heterocycles. The first-order chi connectivity index (χ1) is 15.8. The first-order valence-corrected chi connectivity index (χ1v) is 12.8. The van der Waals surface area contributed by atoms with Gasteiger partial charge in [-0.1, -0.05) is 13.0 Å². The van der Waals surface area contributed by atoms with Crippen LogP contribution in [0.4, 0.5) is 0 Å². The van der Waals surface area contributed by atoms with Gasteiger partial charge in [-0.25, -0.2) is 17.9 Å². The maximum absolute atomic E-state index is 13.3. The van der Waals surface area contributed by atoms with E-state index in [2.05, 4.69) is 10.1 Å². The molecule has 2 aromatic rings. The maximum Gasteiger partial charge on any atom is 0.350 e. The normalized spacial score (nSPS) is 18.5. The third-order valence-electron chi connectivity index (χ3n) is 6.41. The lowest BCUT2D eigenvalue weighted by Crippen LogP contribution is -2.47. The summed E-state index contributed by atoms with van der Waals surface area (Å²) in [5, 5.41) is 0.0465. The van der Waals surface area contributed by atoms with Crippen LogP contribution in [0.1, 0.15) is 39.5 Å². The predicted octanol–water partition coefficient (Wildman–Crippen LogP) is 0.982. The van der Waals surface area contributed by atoms with E-state index in [0.717, 1.165) is 25.7 Å². The molecule has 2 saturated carbocycles. The summed E-state index contributed by atoms with van der Waals surface area (Å²) in [6.45, 7) is 4.74. The van der Waals surface area contributed by atoms with E-state index >= 15 is 0 Å². The van der Waals surface area contributed by atoms with Crippen LogP contribution < -0.4 is 21.4 Å². The zero-order valence-electron chi connectivity index (χ0n) is 19.9. The smallest absolute Gasteiger partial charge is 0.306 e.